The third-order valence-corrected chi connectivity index (χ3v) is 7.57. The van der Waals surface area contributed by atoms with E-state index in [1.807, 2.05) is 78.9 Å². The van der Waals surface area contributed by atoms with E-state index in [1.165, 1.54) is 11.8 Å². The van der Waals surface area contributed by atoms with Crippen LogP contribution in [0.4, 0.5) is 5.69 Å². The number of aromatic carboxylic acids is 1. The molecule has 0 atom stereocenters. The van der Waals surface area contributed by atoms with Crippen molar-refractivity contribution in [3.8, 4) is 5.75 Å². The van der Waals surface area contributed by atoms with Crippen LogP contribution in [0.1, 0.15) is 27.2 Å². The summed E-state index contributed by atoms with van der Waals surface area (Å²) in [5.74, 6) is 0.113. The molecule has 1 aliphatic heterocycles. The molecule has 0 bridgehead atoms. The molecule has 4 aromatic carbocycles. The van der Waals surface area contributed by atoms with Crippen molar-refractivity contribution in [2.75, 3.05) is 0 Å². The van der Waals surface area contributed by atoms with Crippen LogP contribution in [0.3, 0.4) is 0 Å². The predicted octanol–water partition coefficient (Wildman–Crippen LogP) is 7.51. The first-order valence-corrected chi connectivity index (χ1v) is 13.7. The second kappa shape index (κ2) is 11.6. The van der Waals surface area contributed by atoms with Gasteiger partial charge in [-0.3, -0.25) is 9.69 Å². The summed E-state index contributed by atoms with van der Waals surface area (Å²) in [7, 11) is 0. The van der Waals surface area contributed by atoms with Gasteiger partial charge in [0.2, 0.25) is 0 Å². The lowest BCUT2D eigenvalue weighted by atomic mass is 10.0. The molecule has 0 aliphatic carbocycles. The number of benzene rings is 4. The minimum atomic E-state index is -0.976. The molecule has 0 saturated carbocycles. The number of para-hydroxylation sites is 1. The molecule has 2 heterocycles. The van der Waals surface area contributed by atoms with Gasteiger partial charge in [-0.2, -0.15) is 0 Å². The van der Waals surface area contributed by atoms with Gasteiger partial charge in [0, 0.05) is 5.56 Å². The number of hydrogen-bond acceptors (Lipinski definition) is 6. The number of ether oxygens (including phenoxy) is 1. The Morgan fingerprint density at radius 2 is 1.71 bits per heavy atom. The van der Waals surface area contributed by atoms with Crippen molar-refractivity contribution in [1.29, 1.82) is 0 Å². The first-order valence-electron chi connectivity index (χ1n) is 12.9. The first kappa shape index (κ1) is 26.2. The number of furan rings is 1. The van der Waals surface area contributed by atoms with Gasteiger partial charge >= 0.3 is 5.97 Å². The fourth-order valence-corrected chi connectivity index (χ4v) is 5.47. The molecular formula is C33H24N2O5S. The molecule has 41 heavy (non-hydrogen) atoms. The summed E-state index contributed by atoms with van der Waals surface area (Å²) >= 11 is 1.31. The van der Waals surface area contributed by atoms with Gasteiger partial charge in [0.1, 0.15) is 18.1 Å². The monoisotopic (exact) mass is 560 g/mol. The van der Waals surface area contributed by atoms with Crippen LogP contribution < -0.4 is 4.74 Å². The smallest absolute Gasteiger partial charge is 0.335 e. The number of thioether (sulfide) groups is 1. The van der Waals surface area contributed by atoms with E-state index >= 15 is 0 Å². The van der Waals surface area contributed by atoms with Gasteiger partial charge in [0.15, 0.2) is 5.17 Å². The highest BCUT2D eigenvalue weighted by Gasteiger charge is 2.34. The molecule has 0 unspecified atom stereocenters. The van der Waals surface area contributed by atoms with Crippen LogP contribution in [0.2, 0.25) is 0 Å². The number of carboxylic acids is 1. The molecule has 7 nitrogen and oxygen atoms in total. The predicted molar refractivity (Wildman–Crippen MR) is 160 cm³/mol. The summed E-state index contributed by atoms with van der Waals surface area (Å²) in [5.41, 5.74) is 2.57. The molecule has 1 saturated heterocycles. The lowest BCUT2D eigenvalue weighted by Crippen LogP contribution is -2.28. The topological polar surface area (TPSA) is 92.3 Å². The number of amides is 1. The zero-order valence-corrected chi connectivity index (χ0v) is 22.6. The summed E-state index contributed by atoms with van der Waals surface area (Å²) in [6.45, 7) is 0.494. The third-order valence-electron chi connectivity index (χ3n) is 6.56. The van der Waals surface area contributed by atoms with E-state index in [-0.39, 0.29) is 24.6 Å². The maximum atomic E-state index is 13.8. The largest absolute Gasteiger partial charge is 0.488 e. The Morgan fingerprint density at radius 3 is 2.46 bits per heavy atom. The molecule has 1 N–H and O–H groups in total. The van der Waals surface area contributed by atoms with E-state index in [0.717, 1.165) is 27.6 Å². The molecular weight excluding hydrogens is 536 g/mol. The number of carbonyl (C=O) groups is 2. The first-order chi connectivity index (χ1) is 20.0. The Bertz CT molecular complexity index is 1780. The van der Waals surface area contributed by atoms with Crippen molar-refractivity contribution in [3.63, 3.8) is 0 Å². The van der Waals surface area contributed by atoms with E-state index in [4.69, 9.17) is 14.1 Å². The highest BCUT2D eigenvalue weighted by atomic mass is 32.2. The zero-order chi connectivity index (χ0) is 28.2. The van der Waals surface area contributed by atoms with E-state index < -0.39 is 5.97 Å². The van der Waals surface area contributed by atoms with Crippen molar-refractivity contribution in [2.24, 2.45) is 4.99 Å². The van der Waals surface area contributed by atoms with Crippen LogP contribution in [-0.4, -0.2) is 27.1 Å². The number of rotatable bonds is 8. The van der Waals surface area contributed by atoms with Crippen molar-refractivity contribution >= 4 is 51.3 Å². The Hall–Kier alpha value is -5.08. The molecule has 1 fully saturated rings. The van der Waals surface area contributed by atoms with E-state index in [2.05, 4.69) is 0 Å². The van der Waals surface area contributed by atoms with Gasteiger partial charge < -0.3 is 14.3 Å². The molecule has 8 heteroatoms. The van der Waals surface area contributed by atoms with Crippen LogP contribution in [0.5, 0.6) is 5.75 Å². The minimum absolute atomic E-state index is 0.177. The Balaban J connectivity index is 1.37. The standard InChI is InChI=1S/C33H24N2O5S/c36-31-30(41-33(34-25-8-2-1-3-9-25)35(31)20-26-10-6-18-39-26)19-28-27-11-5-4-7-23(27)16-17-29(28)40-21-22-12-14-24(15-13-22)32(37)38/h1-19H,20-21H2,(H,37,38)/b30-19-,34-33?. The third kappa shape index (κ3) is 5.78. The van der Waals surface area contributed by atoms with Crippen LogP contribution >= 0.6 is 11.8 Å². The Labute approximate surface area is 240 Å². The highest BCUT2D eigenvalue weighted by molar-refractivity contribution is 8.18. The quantitative estimate of drug-likeness (QED) is 0.197. The normalized spacial score (nSPS) is 15.2. The lowest BCUT2D eigenvalue weighted by molar-refractivity contribution is -0.122. The van der Waals surface area contributed by atoms with Crippen LogP contribution in [0, 0.1) is 0 Å². The second-order valence-corrected chi connectivity index (χ2v) is 10.3. The molecule has 5 aromatic rings. The SMILES string of the molecule is O=C(O)c1ccc(COc2ccc3ccccc3c2/C=C2\SC(=Nc3ccccc3)N(Cc3ccco3)C2=O)cc1. The van der Waals surface area contributed by atoms with Gasteiger partial charge in [-0.1, -0.05) is 60.7 Å². The average molecular weight is 561 g/mol. The number of hydrogen-bond donors (Lipinski definition) is 1. The average Bonchev–Trinajstić information content (AvgIpc) is 3.62. The van der Waals surface area contributed by atoms with Crippen LogP contribution in [0.25, 0.3) is 16.8 Å². The summed E-state index contributed by atoms with van der Waals surface area (Å²) < 4.78 is 11.8. The number of carboxylic acid groups (broad SMARTS) is 1. The van der Waals surface area contributed by atoms with E-state index in [9.17, 15) is 14.7 Å². The fraction of sp³-hybridized carbons (Fsp3) is 0.0606. The van der Waals surface area contributed by atoms with Crippen LogP contribution in [0.15, 0.2) is 124 Å². The minimum Gasteiger partial charge on any atom is -0.488 e. The van der Waals surface area contributed by atoms with Crippen molar-refractivity contribution in [2.45, 2.75) is 13.2 Å². The van der Waals surface area contributed by atoms with Gasteiger partial charge in [-0.25, -0.2) is 9.79 Å². The summed E-state index contributed by atoms with van der Waals surface area (Å²) in [5, 5.41) is 11.7. The molecule has 1 aliphatic rings. The number of fused-ring (bicyclic) bond motifs is 1. The van der Waals surface area contributed by atoms with Crippen molar-refractivity contribution < 1.29 is 23.8 Å². The summed E-state index contributed by atoms with van der Waals surface area (Å²) in [4.78, 5) is 31.9. The number of aliphatic imine (C=N–C) groups is 1. The summed E-state index contributed by atoms with van der Waals surface area (Å²) in [6.07, 6.45) is 3.45. The maximum absolute atomic E-state index is 13.8. The number of nitrogens with zero attached hydrogens (tertiary/aromatic N) is 2. The van der Waals surface area contributed by atoms with Crippen molar-refractivity contribution in [3.05, 3.63) is 137 Å². The van der Waals surface area contributed by atoms with Crippen molar-refractivity contribution in [1.82, 2.24) is 4.90 Å². The second-order valence-electron chi connectivity index (χ2n) is 9.30. The Kier molecular flexibility index (Phi) is 7.38. The van der Waals surface area contributed by atoms with Gasteiger partial charge in [-0.15, -0.1) is 0 Å². The van der Waals surface area contributed by atoms with Gasteiger partial charge in [-0.05, 0) is 76.6 Å². The molecule has 6 rings (SSSR count). The van der Waals surface area contributed by atoms with Gasteiger partial charge in [0.25, 0.3) is 5.91 Å². The van der Waals surface area contributed by atoms with E-state index in [1.54, 1.807) is 41.5 Å². The van der Waals surface area contributed by atoms with Gasteiger partial charge in [0.05, 0.1) is 29.0 Å². The fourth-order valence-electron chi connectivity index (χ4n) is 4.49. The number of carbonyl (C=O) groups excluding carboxylic acids is 1. The summed E-state index contributed by atoms with van der Waals surface area (Å²) in [6, 6.07) is 31.5. The lowest BCUT2D eigenvalue weighted by Gasteiger charge is -2.14. The Morgan fingerprint density at radius 1 is 0.927 bits per heavy atom. The molecule has 202 valence electrons. The molecule has 0 spiro atoms. The maximum Gasteiger partial charge on any atom is 0.335 e. The molecule has 0 radical (unpaired) electrons. The highest BCUT2D eigenvalue weighted by Crippen LogP contribution is 2.38. The number of amidine groups is 1. The molecule has 1 amide bonds. The van der Waals surface area contributed by atoms with Crippen LogP contribution in [-0.2, 0) is 17.9 Å². The van der Waals surface area contributed by atoms with E-state index in [0.29, 0.717) is 21.6 Å². The zero-order valence-electron chi connectivity index (χ0n) is 21.8. The molecule has 1 aromatic heterocycles.